The second-order valence-corrected chi connectivity index (χ2v) is 15.0. The number of amides is 4. The molecule has 0 fully saturated rings. The Kier molecular flexibility index (Phi) is 19.5. The Balaban J connectivity index is 2.01. The molecule has 0 saturated carbocycles. The van der Waals surface area contributed by atoms with E-state index in [1.54, 1.807) is 7.11 Å². The van der Waals surface area contributed by atoms with Gasteiger partial charge in [-0.15, -0.1) is 0 Å². The van der Waals surface area contributed by atoms with Gasteiger partial charge in [-0.25, -0.2) is 4.99 Å². The van der Waals surface area contributed by atoms with Crippen LogP contribution in [0.5, 0.6) is 5.75 Å². The number of amidine groups is 1. The predicted octanol–water partition coefficient (Wildman–Crippen LogP) is 0.702. The standard InChI is InChI=1S/C40H65N9O6/c1-9-11-12-17-43-38(48-32(42)13-10-2)37-28(3)16-18-49(37)24-29-14-15-30(19-31(29)54-8)40(6,7)27-55-26-39(4,5)25-47-36(53)23-46-35(52)22-45-34(51)21-44-33(50)20-41/h14-16,18-19,43H,3,9-13,17,20-27,41H2,1-2,4-8H3,(H2,42,48)(H,44,50)(H,45,51)(H,46,52)(H,47,53)/b38-37+. The van der Waals surface area contributed by atoms with Gasteiger partial charge in [-0.1, -0.05) is 73.1 Å². The Morgan fingerprint density at radius 2 is 1.49 bits per heavy atom. The van der Waals surface area contributed by atoms with Gasteiger partial charge in [-0.3, -0.25) is 19.2 Å². The predicted molar refractivity (Wildman–Crippen MR) is 217 cm³/mol. The van der Waals surface area contributed by atoms with Gasteiger partial charge in [0.2, 0.25) is 23.6 Å². The van der Waals surface area contributed by atoms with Crippen LogP contribution in [0.15, 0.2) is 35.5 Å². The number of benzene rings is 1. The zero-order chi connectivity index (χ0) is 41.0. The van der Waals surface area contributed by atoms with Crippen molar-refractivity contribution in [1.82, 2.24) is 31.2 Å². The molecule has 0 aliphatic carbocycles. The number of hydrogen-bond acceptors (Lipinski definition) is 9. The Bertz CT molecular complexity index is 1720. The molecule has 0 aliphatic heterocycles. The molecule has 1 aromatic heterocycles. The van der Waals surface area contributed by atoms with Crippen LogP contribution in [0.3, 0.4) is 0 Å². The van der Waals surface area contributed by atoms with Crippen LogP contribution in [0.1, 0.15) is 84.8 Å². The summed E-state index contributed by atoms with van der Waals surface area (Å²) < 4.78 is 14.2. The summed E-state index contributed by atoms with van der Waals surface area (Å²) in [5.74, 6) is 0.124. The first kappa shape index (κ1) is 46.3. The van der Waals surface area contributed by atoms with Crippen molar-refractivity contribution in [2.75, 3.05) is 59.6 Å². The number of methoxy groups -OCH3 is 1. The molecular weight excluding hydrogens is 702 g/mol. The van der Waals surface area contributed by atoms with Gasteiger partial charge < -0.3 is 52.1 Å². The normalized spacial score (nSPS) is 12.5. The molecule has 0 unspecified atom stereocenters. The summed E-state index contributed by atoms with van der Waals surface area (Å²) in [5.41, 5.74) is 12.8. The van der Waals surface area contributed by atoms with Crippen molar-refractivity contribution in [3.05, 3.63) is 52.2 Å². The van der Waals surface area contributed by atoms with Gasteiger partial charge in [0.05, 0.1) is 58.4 Å². The molecule has 0 aliphatic rings. The Morgan fingerprint density at radius 3 is 2.09 bits per heavy atom. The zero-order valence-corrected chi connectivity index (χ0v) is 34.0. The molecule has 15 nitrogen and oxygen atoms in total. The third-order valence-electron chi connectivity index (χ3n) is 8.76. The first-order chi connectivity index (χ1) is 26.0. The summed E-state index contributed by atoms with van der Waals surface area (Å²) in [4.78, 5) is 52.1. The first-order valence-corrected chi connectivity index (χ1v) is 19.0. The smallest absolute Gasteiger partial charge is 0.239 e. The maximum atomic E-state index is 12.4. The molecule has 306 valence electrons. The number of rotatable bonds is 25. The van der Waals surface area contributed by atoms with Crippen LogP contribution in [-0.2, 0) is 35.9 Å². The first-order valence-electron chi connectivity index (χ1n) is 19.0. The largest absolute Gasteiger partial charge is 0.496 e. The third kappa shape index (κ3) is 16.6. The Labute approximate surface area is 326 Å². The van der Waals surface area contributed by atoms with Crippen LogP contribution < -0.4 is 53.4 Å². The van der Waals surface area contributed by atoms with E-state index in [4.69, 9.17) is 25.9 Å². The number of hydrogen-bond donors (Lipinski definition) is 7. The number of nitrogens with two attached hydrogens (primary N) is 2. The number of nitrogens with zero attached hydrogens (tertiary/aromatic N) is 2. The van der Waals surface area contributed by atoms with Crippen LogP contribution >= 0.6 is 0 Å². The number of carbonyl (C=O) groups is 4. The number of ether oxygens (including phenoxy) is 2. The second kappa shape index (κ2) is 23.1. The summed E-state index contributed by atoms with van der Waals surface area (Å²) in [6.45, 7) is 18.1. The third-order valence-corrected chi connectivity index (χ3v) is 8.76. The maximum absolute atomic E-state index is 12.4. The van der Waals surface area contributed by atoms with Crippen molar-refractivity contribution < 1.29 is 28.7 Å². The van der Waals surface area contributed by atoms with Gasteiger partial charge in [-0.2, -0.15) is 0 Å². The van der Waals surface area contributed by atoms with Gasteiger partial charge in [0.15, 0.2) is 5.82 Å². The average Bonchev–Trinajstić information content (AvgIpc) is 3.51. The molecule has 55 heavy (non-hydrogen) atoms. The van der Waals surface area contributed by atoms with Crippen LogP contribution in [0.4, 0.5) is 0 Å². The van der Waals surface area contributed by atoms with Gasteiger partial charge in [-0.05, 0) is 35.8 Å². The van der Waals surface area contributed by atoms with Crippen molar-refractivity contribution in [2.45, 2.75) is 85.6 Å². The summed E-state index contributed by atoms with van der Waals surface area (Å²) >= 11 is 0. The van der Waals surface area contributed by atoms with E-state index < -0.39 is 23.1 Å². The van der Waals surface area contributed by atoms with E-state index >= 15 is 0 Å². The number of carbonyl (C=O) groups excluding carboxylic acids is 4. The highest BCUT2D eigenvalue weighted by atomic mass is 16.5. The van der Waals surface area contributed by atoms with Crippen molar-refractivity contribution in [3.63, 3.8) is 0 Å². The minimum atomic E-state index is -0.550. The second-order valence-electron chi connectivity index (χ2n) is 15.0. The molecule has 15 heteroatoms. The lowest BCUT2D eigenvalue weighted by molar-refractivity contribution is -0.128. The fourth-order valence-electron chi connectivity index (χ4n) is 5.48. The average molecular weight is 768 g/mol. The molecule has 2 rings (SSSR count). The van der Waals surface area contributed by atoms with E-state index in [1.165, 1.54) is 0 Å². The topological polar surface area (TPSA) is 216 Å². The van der Waals surface area contributed by atoms with Gasteiger partial charge >= 0.3 is 0 Å². The molecule has 4 amide bonds. The van der Waals surface area contributed by atoms with Crippen molar-refractivity contribution >= 4 is 41.9 Å². The summed E-state index contributed by atoms with van der Waals surface area (Å²) in [7, 11) is 1.67. The number of nitrogens with one attached hydrogen (secondary N) is 5. The number of aromatic nitrogens is 1. The van der Waals surface area contributed by atoms with Gasteiger partial charge in [0.25, 0.3) is 0 Å². The molecule has 0 radical (unpaired) electrons. The molecule has 0 atom stereocenters. The number of aliphatic imine (C=N–C) groups is 1. The van der Waals surface area contributed by atoms with Crippen molar-refractivity contribution in [1.29, 1.82) is 0 Å². The Hall–Kier alpha value is -4.89. The molecule has 1 heterocycles. The van der Waals surface area contributed by atoms with Crippen LogP contribution in [0, 0.1) is 5.41 Å². The molecule has 0 bridgehead atoms. The minimum Gasteiger partial charge on any atom is -0.496 e. The SMILES string of the molecule is C=c1ccn(Cc2ccc(C(C)(C)COCC(C)(C)CNC(=O)CNC(=O)CNC(=O)CNC(=O)CN)cc2OC)/c1=C(/N=C(/N)CCC)NCCCCC. The lowest BCUT2D eigenvalue weighted by Crippen LogP contribution is -2.46. The monoisotopic (exact) mass is 768 g/mol. The number of unbranched alkanes of at least 4 members (excludes halogenated alkanes) is 2. The summed E-state index contributed by atoms with van der Waals surface area (Å²) in [6, 6.07) is 8.23. The highest BCUT2D eigenvalue weighted by Gasteiger charge is 2.26. The highest BCUT2D eigenvalue weighted by molar-refractivity contribution is 5.90. The molecule has 1 aromatic carbocycles. The minimum absolute atomic E-state index is 0.241. The van der Waals surface area contributed by atoms with Gasteiger partial charge in [0.1, 0.15) is 11.6 Å². The van der Waals surface area contributed by atoms with Crippen molar-refractivity contribution in [2.24, 2.45) is 21.9 Å². The molecular formula is C40H65N9O6. The van der Waals surface area contributed by atoms with Gasteiger partial charge in [0, 0.05) is 42.1 Å². The lowest BCUT2D eigenvalue weighted by atomic mass is 9.84. The van der Waals surface area contributed by atoms with Crippen molar-refractivity contribution in [3.8, 4) is 5.75 Å². The Morgan fingerprint density at radius 1 is 0.855 bits per heavy atom. The van der Waals surface area contributed by atoms with Crippen LogP contribution in [0.25, 0.3) is 12.4 Å². The highest BCUT2D eigenvalue weighted by Crippen LogP contribution is 2.30. The zero-order valence-electron chi connectivity index (χ0n) is 34.0. The molecule has 0 spiro atoms. The van der Waals surface area contributed by atoms with Crippen LogP contribution in [0.2, 0.25) is 0 Å². The van der Waals surface area contributed by atoms with E-state index in [2.05, 4.69) is 83.6 Å². The molecule has 0 saturated heterocycles. The summed E-state index contributed by atoms with van der Waals surface area (Å²) in [6.07, 6.45) is 6.93. The van der Waals surface area contributed by atoms with E-state index in [9.17, 15) is 19.2 Å². The lowest BCUT2D eigenvalue weighted by Gasteiger charge is -2.30. The molecule has 9 N–H and O–H groups in total. The van der Waals surface area contributed by atoms with E-state index in [1.807, 2.05) is 26.1 Å². The fraction of sp³-hybridized carbons (Fsp3) is 0.575. The quantitative estimate of drug-likeness (QED) is 0.0430. The van der Waals surface area contributed by atoms with E-state index in [-0.39, 0.29) is 37.5 Å². The molecule has 2 aromatic rings. The van der Waals surface area contributed by atoms with E-state index in [0.29, 0.717) is 38.6 Å². The van der Waals surface area contributed by atoms with E-state index in [0.717, 1.165) is 65.5 Å². The van der Waals surface area contributed by atoms with Crippen LogP contribution in [-0.4, -0.2) is 93.6 Å². The fourth-order valence-corrected chi connectivity index (χ4v) is 5.48. The summed E-state index contributed by atoms with van der Waals surface area (Å²) in [5, 5.41) is 15.2. The maximum Gasteiger partial charge on any atom is 0.239 e.